The number of rotatable bonds is 4. The first-order valence-electron chi connectivity index (χ1n) is 7.72. The summed E-state index contributed by atoms with van der Waals surface area (Å²) in [6.07, 6.45) is 1.75. The van der Waals surface area contributed by atoms with E-state index < -0.39 is 0 Å². The highest BCUT2D eigenvalue weighted by molar-refractivity contribution is 7.13. The monoisotopic (exact) mass is 350 g/mol. The van der Waals surface area contributed by atoms with Crippen LogP contribution in [0.5, 0.6) is 5.75 Å². The van der Waals surface area contributed by atoms with E-state index in [-0.39, 0.29) is 5.63 Å². The first-order chi connectivity index (χ1) is 12.2. The summed E-state index contributed by atoms with van der Waals surface area (Å²) in [5.41, 5.74) is 2.73. The lowest BCUT2D eigenvalue weighted by Gasteiger charge is -2.06. The fraction of sp³-hybridized carbons (Fsp3) is 0.105. The van der Waals surface area contributed by atoms with Gasteiger partial charge in [-0.1, -0.05) is 6.07 Å². The quantitative estimate of drug-likeness (QED) is 0.516. The second kappa shape index (κ2) is 6.49. The third-order valence-corrected chi connectivity index (χ3v) is 4.66. The van der Waals surface area contributed by atoms with E-state index in [1.807, 2.05) is 42.6 Å². The molecule has 0 fully saturated rings. The normalized spacial score (nSPS) is 10.9. The molecule has 3 heterocycles. The molecule has 0 saturated carbocycles. The number of benzene rings is 1. The van der Waals surface area contributed by atoms with E-state index in [0.29, 0.717) is 17.9 Å². The molecule has 0 aliphatic carbocycles. The van der Waals surface area contributed by atoms with Crippen molar-refractivity contribution in [2.24, 2.45) is 0 Å². The average molecular weight is 350 g/mol. The molecular formula is C19H14N2O3S. The zero-order valence-electron chi connectivity index (χ0n) is 13.4. The first-order valence-corrected chi connectivity index (χ1v) is 8.60. The third kappa shape index (κ3) is 3.29. The van der Waals surface area contributed by atoms with Gasteiger partial charge in [0.25, 0.3) is 0 Å². The van der Waals surface area contributed by atoms with Crippen molar-refractivity contribution in [3.05, 3.63) is 75.7 Å². The fourth-order valence-corrected chi connectivity index (χ4v) is 3.31. The second-order valence-electron chi connectivity index (χ2n) is 5.55. The van der Waals surface area contributed by atoms with Gasteiger partial charge < -0.3 is 9.15 Å². The van der Waals surface area contributed by atoms with E-state index in [9.17, 15) is 4.79 Å². The number of aryl methyl sites for hydroxylation is 1. The maximum absolute atomic E-state index is 11.5. The van der Waals surface area contributed by atoms with E-state index in [4.69, 9.17) is 9.15 Å². The summed E-state index contributed by atoms with van der Waals surface area (Å²) in [6, 6.07) is 12.7. The van der Waals surface area contributed by atoms with Gasteiger partial charge in [0, 0.05) is 29.1 Å². The van der Waals surface area contributed by atoms with Gasteiger partial charge in [0.2, 0.25) is 0 Å². The molecule has 0 atom stereocenters. The van der Waals surface area contributed by atoms with E-state index in [1.54, 1.807) is 12.3 Å². The van der Waals surface area contributed by atoms with Crippen LogP contribution in [0.3, 0.4) is 0 Å². The summed E-state index contributed by atoms with van der Waals surface area (Å²) in [7, 11) is 0. The minimum absolute atomic E-state index is 0.338. The van der Waals surface area contributed by atoms with Crippen molar-refractivity contribution < 1.29 is 9.15 Å². The van der Waals surface area contributed by atoms with Crippen LogP contribution in [0.25, 0.3) is 21.7 Å². The summed E-state index contributed by atoms with van der Waals surface area (Å²) in [6.45, 7) is 2.22. The van der Waals surface area contributed by atoms with Crippen LogP contribution in [-0.2, 0) is 6.61 Å². The Kier molecular flexibility index (Phi) is 4.03. The van der Waals surface area contributed by atoms with Crippen LogP contribution in [0.2, 0.25) is 0 Å². The number of nitrogens with zero attached hydrogens (tertiary/aromatic N) is 2. The number of pyridine rings is 1. The van der Waals surface area contributed by atoms with Crippen LogP contribution in [0.1, 0.15) is 11.3 Å². The largest absolute Gasteiger partial charge is 0.487 e. The molecule has 0 aliphatic heterocycles. The molecule has 124 valence electrons. The smallest absolute Gasteiger partial charge is 0.336 e. The lowest BCUT2D eigenvalue weighted by Crippen LogP contribution is -1.99. The Labute approximate surface area is 147 Å². The molecule has 4 rings (SSSR count). The molecule has 4 aromatic rings. The minimum atomic E-state index is -0.360. The van der Waals surface area contributed by atoms with Gasteiger partial charge in [-0.05, 0) is 36.8 Å². The Bertz CT molecular complexity index is 1090. The van der Waals surface area contributed by atoms with Crippen LogP contribution in [0, 0.1) is 6.92 Å². The zero-order chi connectivity index (χ0) is 17.2. The molecule has 0 amide bonds. The van der Waals surface area contributed by atoms with Crippen molar-refractivity contribution in [2.75, 3.05) is 0 Å². The van der Waals surface area contributed by atoms with E-state index in [1.165, 1.54) is 17.4 Å². The Morgan fingerprint density at radius 3 is 2.96 bits per heavy atom. The van der Waals surface area contributed by atoms with Gasteiger partial charge in [0.1, 0.15) is 22.9 Å². The van der Waals surface area contributed by atoms with Gasteiger partial charge in [-0.2, -0.15) is 0 Å². The fourth-order valence-electron chi connectivity index (χ4n) is 2.53. The van der Waals surface area contributed by atoms with Crippen LogP contribution < -0.4 is 10.4 Å². The summed E-state index contributed by atoms with van der Waals surface area (Å²) >= 11 is 1.53. The van der Waals surface area contributed by atoms with E-state index in [0.717, 1.165) is 27.3 Å². The second-order valence-corrected chi connectivity index (χ2v) is 6.41. The summed E-state index contributed by atoms with van der Waals surface area (Å²) in [4.78, 5) is 20.4. The summed E-state index contributed by atoms with van der Waals surface area (Å²) in [5.74, 6) is 0.633. The van der Waals surface area contributed by atoms with Crippen molar-refractivity contribution in [2.45, 2.75) is 13.5 Å². The highest BCUT2D eigenvalue weighted by Crippen LogP contribution is 2.25. The third-order valence-electron chi connectivity index (χ3n) is 3.75. The molecule has 1 aromatic carbocycles. The van der Waals surface area contributed by atoms with Crippen molar-refractivity contribution in [1.29, 1.82) is 0 Å². The van der Waals surface area contributed by atoms with Gasteiger partial charge in [-0.25, -0.2) is 9.78 Å². The molecule has 5 nitrogen and oxygen atoms in total. The molecule has 0 saturated heterocycles. The van der Waals surface area contributed by atoms with Crippen molar-refractivity contribution in [3.63, 3.8) is 0 Å². The van der Waals surface area contributed by atoms with Gasteiger partial charge in [-0.15, -0.1) is 11.3 Å². The van der Waals surface area contributed by atoms with Gasteiger partial charge >= 0.3 is 5.63 Å². The Balaban J connectivity index is 1.53. The molecule has 0 unspecified atom stereocenters. The molecule has 0 spiro atoms. The van der Waals surface area contributed by atoms with Crippen LogP contribution in [-0.4, -0.2) is 9.97 Å². The first kappa shape index (κ1) is 15.5. The van der Waals surface area contributed by atoms with Crippen molar-refractivity contribution in [1.82, 2.24) is 9.97 Å². The Hall–Kier alpha value is -2.99. The summed E-state index contributed by atoms with van der Waals surface area (Å²) in [5, 5.41) is 3.72. The molecule has 0 N–H and O–H groups in total. The molecule has 0 radical (unpaired) electrons. The van der Waals surface area contributed by atoms with Gasteiger partial charge in [0.05, 0.1) is 11.4 Å². The number of aromatic nitrogens is 2. The van der Waals surface area contributed by atoms with Crippen LogP contribution in [0.15, 0.2) is 63.3 Å². The molecule has 6 heteroatoms. The Morgan fingerprint density at radius 2 is 2.12 bits per heavy atom. The SMILES string of the molecule is Cc1cc(=O)oc2cc(OCc3csc(-c4ccccn4)n3)ccc12. The number of ether oxygens (including phenoxy) is 1. The molecule has 3 aromatic heterocycles. The van der Waals surface area contributed by atoms with Gasteiger partial charge in [0.15, 0.2) is 0 Å². The molecule has 25 heavy (non-hydrogen) atoms. The molecular weight excluding hydrogens is 336 g/mol. The van der Waals surface area contributed by atoms with Gasteiger partial charge in [-0.3, -0.25) is 4.98 Å². The highest BCUT2D eigenvalue weighted by atomic mass is 32.1. The topological polar surface area (TPSA) is 65.2 Å². The molecule has 0 aliphatic rings. The number of thiazole rings is 1. The lowest BCUT2D eigenvalue weighted by atomic mass is 10.1. The minimum Gasteiger partial charge on any atom is -0.487 e. The van der Waals surface area contributed by atoms with E-state index in [2.05, 4.69) is 9.97 Å². The predicted molar refractivity (Wildman–Crippen MR) is 96.9 cm³/mol. The van der Waals surface area contributed by atoms with E-state index >= 15 is 0 Å². The van der Waals surface area contributed by atoms with Crippen molar-refractivity contribution >= 4 is 22.3 Å². The predicted octanol–water partition coefficient (Wildman–Crippen LogP) is 4.20. The molecule has 0 bridgehead atoms. The summed E-state index contributed by atoms with van der Waals surface area (Å²) < 4.78 is 11.0. The lowest BCUT2D eigenvalue weighted by molar-refractivity contribution is 0.302. The standard InChI is InChI=1S/C19H14N2O3S/c1-12-8-18(22)24-17-9-14(5-6-15(12)17)23-10-13-11-25-19(21-13)16-4-2-3-7-20-16/h2-9,11H,10H2,1H3. The maximum atomic E-state index is 11.5. The number of hydrogen-bond donors (Lipinski definition) is 0. The van der Waals surface area contributed by atoms with Crippen molar-refractivity contribution in [3.8, 4) is 16.5 Å². The van der Waals surface area contributed by atoms with Crippen LogP contribution in [0.4, 0.5) is 0 Å². The number of fused-ring (bicyclic) bond motifs is 1. The Morgan fingerprint density at radius 1 is 1.20 bits per heavy atom. The van der Waals surface area contributed by atoms with Crippen LogP contribution >= 0.6 is 11.3 Å². The average Bonchev–Trinajstić information content (AvgIpc) is 3.09. The zero-order valence-corrected chi connectivity index (χ0v) is 14.2. The number of hydrogen-bond acceptors (Lipinski definition) is 6. The maximum Gasteiger partial charge on any atom is 0.336 e. The highest BCUT2D eigenvalue weighted by Gasteiger charge is 2.08.